The Hall–Kier alpha value is -1.32. The zero-order valence-electron chi connectivity index (χ0n) is 12.3. The third-order valence-corrected chi connectivity index (χ3v) is 4.05. The highest BCUT2D eigenvalue weighted by Gasteiger charge is 2.35. The summed E-state index contributed by atoms with van der Waals surface area (Å²) in [6.45, 7) is 8.57. The lowest BCUT2D eigenvalue weighted by Crippen LogP contribution is -2.46. The van der Waals surface area contributed by atoms with Gasteiger partial charge in [-0.25, -0.2) is 0 Å². The Morgan fingerprint density at radius 1 is 1.37 bits per heavy atom. The summed E-state index contributed by atoms with van der Waals surface area (Å²) < 4.78 is 5.03. The minimum Gasteiger partial charge on any atom is -0.351 e. The first-order valence-corrected chi connectivity index (χ1v) is 7.12. The van der Waals surface area contributed by atoms with Gasteiger partial charge in [0.05, 0.1) is 5.69 Å². The Morgan fingerprint density at radius 3 is 2.63 bits per heavy atom. The molecule has 1 amide bonds. The van der Waals surface area contributed by atoms with Gasteiger partial charge in [0.2, 0.25) is 5.76 Å². The first kappa shape index (κ1) is 14.1. The topological polar surface area (TPSA) is 55.1 Å². The maximum absolute atomic E-state index is 12.2. The van der Waals surface area contributed by atoms with Crippen molar-refractivity contribution in [3.8, 4) is 0 Å². The lowest BCUT2D eigenvalue weighted by Gasteiger charge is -2.40. The quantitative estimate of drug-likeness (QED) is 0.891. The molecular formula is C15H24N2O2. The highest BCUT2D eigenvalue weighted by atomic mass is 16.5. The fourth-order valence-corrected chi connectivity index (χ4v) is 3.05. The zero-order valence-corrected chi connectivity index (χ0v) is 12.3. The van der Waals surface area contributed by atoms with E-state index in [1.165, 1.54) is 19.3 Å². The Labute approximate surface area is 114 Å². The molecule has 1 aromatic rings. The van der Waals surface area contributed by atoms with Crippen LogP contribution in [0.5, 0.6) is 0 Å². The van der Waals surface area contributed by atoms with Crippen molar-refractivity contribution in [2.24, 2.45) is 11.3 Å². The predicted molar refractivity (Wildman–Crippen MR) is 73.9 cm³/mol. The minimum atomic E-state index is -0.137. The highest BCUT2D eigenvalue weighted by Crippen LogP contribution is 2.38. The summed E-state index contributed by atoms with van der Waals surface area (Å²) in [6.07, 6.45) is 4.69. The lowest BCUT2D eigenvalue weighted by molar-refractivity contribution is 0.0795. The standard InChI is InChI=1S/C15H24N2O2/c1-10-9-13(19-17-10)14(18)16-12-8-6-5-7-11(12)15(2,3)4/h9,11-12H,5-8H2,1-4H3,(H,16,18). The third kappa shape index (κ3) is 3.37. The Kier molecular flexibility index (Phi) is 3.97. The molecule has 19 heavy (non-hydrogen) atoms. The molecule has 0 radical (unpaired) electrons. The van der Waals surface area contributed by atoms with Gasteiger partial charge in [-0.1, -0.05) is 38.8 Å². The van der Waals surface area contributed by atoms with Crippen LogP contribution in [0, 0.1) is 18.3 Å². The molecule has 0 aromatic carbocycles. The Morgan fingerprint density at radius 2 is 2.05 bits per heavy atom. The van der Waals surface area contributed by atoms with E-state index in [1.54, 1.807) is 6.07 Å². The number of amides is 1. The monoisotopic (exact) mass is 264 g/mol. The van der Waals surface area contributed by atoms with E-state index >= 15 is 0 Å². The van der Waals surface area contributed by atoms with E-state index in [1.807, 2.05) is 6.92 Å². The first-order valence-electron chi connectivity index (χ1n) is 7.12. The molecule has 0 spiro atoms. The molecule has 1 N–H and O–H groups in total. The fourth-order valence-electron chi connectivity index (χ4n) is 3.05. The van der Waals surface area contributed by atoms with Crippen molar-refractivity contribution in [3.63, 3.8) is 0 Å². The zero-order chi connectivity index (χ0) is 14.0. The Bertz CT molecular complexity index is 445. The molecular weight excluding hydrogens is 240 g/mol. The molecule has 2 atom stereocenters. The molecule has 4 nitrogen and oxygen atoms in total. The van der Waals surface area contributed by atoms with Crippen LogP contribution in [0.25, 0.3) is 0 Å². The average molecular weight is 264 g/mol. The lowest BCUT2D eigenvalue weighted by atomic mass is 9.69. The van der Waals surface area contributed by atoms with Gasteiger partial charge in [-0.2, -0.15) is 0 Å². The summed E-state index contributed by atoms with van der Waals surface area (Å²) in [5.41, 5.74) is 0.955. The molecule has 0 saturated heterocycles. The summed E-state index contributed by atoms with van der Waals surface area (Å²) in [6, 6.07) is 1.93. The van der Waals surface area contributed by atoms with Crippen molar-refractivity contribution in [3.05, 3.63) is 17.5 Å². The van der Waals surface area contributed by atoms with E-state index in [9.17, 15) is 4.79 Å². The second-order valence-corrected chi connectivity index (χ2v) is 6.67. The normalized spacial score (nSPS) is 24.2. The second kappa shape index (κ2) is 5.35. The number of hydrogen-bond acceptors (Lipinski definition) is 3. The molecule has 1 aromatic heterocycles. The molecule has 1 saturated carbocycles. The maximum Gasteiger partial charge on any atom is 0.290 e. The maximum atomic E-state index is 12.2. The van der Waals surface area contributed by atoms with Gasteiger partial charge in [0.15, 0.2) is 0 Å². The number of aryl methyl sites for hydroxylation is 1. The first-order chi connectivity index (χ1) is 8.88. The van der Waals surface area contributed by atoms with Gasteiger partial charge in [-0.05, 0) is 31.1 Å². The van der Waals surface area contributed by atoms with Gasteiger partial charge in [0, 0.05) is 12.1 Å². The molecule has 2 rings (SSSR count). The number of nitrogens with one attached hydrogen (secondary N) is 1. The smallest absolute Gasteiger partial charge is 0.290 e. The number of rotatable bonds is 2. The van der Waals surface area contributed by atoms with Crippen molar-refractivity contribution >= 4 is 5.91 Å². The summed E-state index contributed by atoms with van der Waals surface area (Å²) in [5.74, 6) is 0.701. The van der Waals surface area contributed by atoms with Crippen LogP contribution >= 0.6 is 0 Å². The van der Waals surface area contributed by atoms with Crippen LogP contribution in [0.2, 0.25) is 0 Å². The van der Waals surface area contributed by atoms with Gasteiger partial charge in [0.25, 0.3) is 5.91 Å². The van der Waals surface area contributed by atoms with E-state index in [-0.39, 0.29) is 17.4 Å². The molecule has 1 heterocycles. The summed E-state index contributed by atoms with van der Waals surface area (Å²) in [5, 5.41) is 6.90. The second-order valence-electron chi connectivity index (χ2n) is 6.67. The van der Waals surface area contributed by atoms with Crippen molar-refractivity contribution in [2.45, 2.75) is 59.4 Å². The number of nitrogens with zero attached hydrogens (tertiary/aromatic N) is 1. The van der Waals surface area contributed by atoms with Gasteiger partial charge in [0.1, 0.15) is 0 Å². The van der Waals surface area contributed by atoms with Crippen molar-refractivity contribution in [2.75, 3.05) is 0 Å². The summed E-state index contributed by atoms with van der Waals surface area (Å²) in [7, 11) is 0. The minimum absolute atomic E-state index is 0.137. The molecule has 1 aliphatic carbocycles. The molecule has 106 valence electrons. The molecule has 4 heteroatoms. The van der Waals surface area contributed by atoms with Gasteiger partial charge in [-0.15, -0.1) is 0 Å². The third-order valence-electron chi connectivity index (χ3n) is 4.05. The van der Waals surface area contributed by atoms with E-state index in [2.05, 4.69) is 31.2 Å². The predicted octanol–water partition coefficient (Wildman–Crippen LogP) is 3.32. The van der Waals surface area contributed by atoms with Gasteiger partial charge < -0.3 is 9.84 Å². The number of carbonyl (C=O) groups is 1. The van der Waals surface area contributed by atoms with Crippen LogP contribution < -0.4 is 5.32 Å². The fraction of sp³-hybridized carbons (Fsp3) is 0.733. The molecule has 2 unspecified atom stereocenters. The molecule has 1 fully saturated rings. The van der Waals surface area contributed by atoms with Gasteiger partial charge in [-0.3, -0.25) is 4.79 Å². The van der Waals surface area contributed by atoms with Crippen molar-refractivity contribution < 1.29 is 9.32 Å². The van der Waals surface area contributed by atoms with Crippen LogP contribution in [-0.4, -0.2) is 17.1 Å². The number of hydrogen-bond donors (Lipinski definition) is 1. The van der Waals surface area contributed by atoms with Crippen LogP contribution in [0.4, 0.5) is 0 Å². The van der Waals surface area contributed by atoms with Crippen molar-refractivity contribution in [1.29, 1.82) is 0 Å². The largest absolute Gasteiger partial charge is 0.351 e. The van der Waals surface area contributed by atoms with Crippen LogP contribution in [0.1, 0.15) is 62.7 Å². The molecule has 0 aliphatic heterocycles. The van der Waals surface area contributed by atoms with E-state index in [0.29, 0.717) is 11.7 Å². The van der Waals surface area contributed by atoms with Crippen LogP contribution in [0.3, 0.4) is 0 Å². The van der Waals surface area contributed by atoms with Gasteiger partial charge >= 0.3 is 0 Å². The van der Waals surface area contributed by atoms with E-state index < -0.39 is 0 Å². The van der Waals surface area contributed by atoms with Crippen molar-refractivity contribution in [1.82, 2.24) is 10.5 Å². The summed E-state index contributed by atoms with van der Waals surface area (Å²) >= 11 is 0. The van der Waals surface area contributed by atoms with Crippen LogP contribution in [0.15, 0.2) is 10.6 Å². The molecule has 1 aliphatic rings. The van der Waals surface area contributed by atoms with E-state index in [4.69, 9.17) is 4.52 Å². The molecule has 0 bridgehead atoms. The SMILES string of the molecule is Cc1cc(C(=O)NC2CCCCC2C(C)(C)C)on1. The Balaban J connectivity index is 2.05. The average Bonchev–Trinajstić information content (AvgIpc) is 2.75. The van der Waals surface area contributed by atoms with E-state index in [0.717, 1.165) is 12.1 Å². The highest BCUT2D eigenvalue weighted by molar-refractivity contribution is 5.91. The number of aromatic nitrogens is 1. The van der Waals surface area contributed by atoms with Crippen LogP contribution in [-0.2, 0) is 0 Å². The number of carbonyl (C=O) groups excluding carboxylic acids is 1. The summed E-state index contributed by atoms with van der Waals surface area (Å²) in [4.78, 5) is 12.2.